The Morgan fingerprint density at radius 1 is 1.00 bits per heavy atom. The summed E-state index contributed by atoms with van der Waals surface area (Å²) in [7, 11) is 0. The first kappa shape index (κ1) is 16.1. The summed E-state index contributed by atoms with van der Waals surface area (Å²) in [4.78, 5) is 0. The summed E-state index contributed by atoms with van der Waals surface area (Å²) in [6.45, 7) is 3.91. The number of hydrogen-bond donors (Lipinski definition) is 0. The van der Waals surface area contributed by atoms with E-state index in [4.69, 9.17) is 0 Å². The zero-order valence-electron chi connectivity index (χ0n) is 8.42. The third-order valence-corrected chi connectivity index (χ3v) is 0.960. The molecule has 1 nitrogen and oxygen atoms in total. The van der Waals surface area contributed by atoms with E-state index in [1.54, 1.807) is 0 Å². The summed E-state index contributed by atoms with van der Waals surface area (Å²) in [6.07, 6.45) is -9.17. The predicted octanol–water partition coefficient (Wildman–Crippen LogP) is 3.98. The maximum Gasteiger partial charge on any atom is 0.389 e. The molecule has 0 rings (SSSR count). The molecule has 0 saturated heterocycles. The molecule has 0 unspecified atom stereocenters. The maximum atomic E-state index is 11.8. The Hall–Kier alpha value is -0.390. The van der Waals surface area contributed by atoms with Crippen LogP contribution in [0.25, 0.3) is 0 Å². The minimum absolute atomic E-state index is 0.438. The van der Waals surface area contributed by atoms with E-state index in [0.717, 1.165) is 0 Å². The van der Waals surface area contributed by atoms with Crippen LogP contribution < -0.4 is 0 Å². The molecule has 0 aromatic carbocycles. The van der Waals surface area contributed by atoms with Crippen LogP contribution in [-0.4, -0.2) is 18.9 Å². The lowest BCUT2D eigenvalue weighted by atomic mass is 10.3. The second-order valence-corrected chi connectivity index (χ2v) is 2.38. The fourth-order valence-electron chi connectivity index (χ4n) is 0.524. The highest BCUT2D eigenvalue weighted by Gasteiger charge is 2.27. The van der Waals surface area contributed by atoms with Crippen LogP contribution in [0.2, 0.25) is 0 Å². The van der Waals surface area contributed by atoms with E-state index < -0.39 is 31.7 Å². The first-order valence-corrected chi connectivity index (χ1v) is 4.29. The monoisotopic (exact) mass is 222 g/mol. The van der Waals surface area contributed by atoms with Crippen molar-refractivity contribution < 1.29 is 26.7 Å². The van der Waals surface area contributed by atoms with Crippen molar-refractivity contribution in [1.29, 1.82) is 0 Å². The average Bonchev–Trinajstić information content (AvgIpc) is 1.99. The largest absolute Gasteiger partial charge is 0.389 e. The third-order valence-electron chi connectivity index (χ3n) is 0.960. The van der Waals surface area contributed by atoms with E-state index in [1.165, 1.54) is 0 Å². The molecule has 0 saturated carbocycles. The Balaban J connectivity index is 0. The summed E-state index contributed by atoms with van der Waals surface area (Å²) >= 11 is 0. The molecule has 0 aromatic heterocycles. The highest BCUT2D eigenvalue weighted by Crippen LogP contribution is 2.22. The van der Waals surface area contributed by atoms with Crippen molar-refractivity contribution in [3.05, 3.63) is 0 Å². The average molecular weight is 222 g/mol. The van der Waals surface area contributed by atoms with Gasteiger partial charge in [-0.3, -0.25) is 0 Å². The minimum atomic E-state index is -4.30. The Morgan fingerprint density at radius 2 is 1.43 bits per heavy atom. The van der Waals surface area contributed by atoms with Gasteiger partial charge < -0.3 is 4.74 Å². The number of hydrogen-bond acceptors (Lipinski definition) is 1. The lowest BCUT2D eigenvalue weighted by Crippen LogP contribution is -2.17. The molecule has 0 aliphatic heterocycles. The molecule has 0 radical (unpaired) electrons. The molecule has 0 atom stereocenters. The molecular formula is C8H15F5O. The molecule has 0 aliphatic rings. The smallest absolute Gasteiger partial charge is 0.321 e. The van der Waals surface area contributed by atoms with Crippen LogP contribution in [0.15, 0.2) is 0 Å². The highest BCUT2D eigenvalue weighted by atomic mass is 19.4. The van der Waals surface area contributed by atoms with Gasteiger partial charge in [0.05, 0.1) is 6.61 Å². The van der Waals surface area contributed by atoms with Gasteiger partial charge in [0, 0.05) is 13.3 Å². The first-order chi connectivity index (χ1) is 6.21. The maximum absolute atomic E-state index is 11.8. The van der Waals surface area contributed by atoms with Crippen LogP contribution in [0, 0.1) is 0 Å². The van der Waals surface area contributed by atoms with Crippen LogP contribution in [-0.2, 0) is 4.74 Å². The van der Waals surface area contributed by atoms with Gasteiger partial charge in [-0.25, -0.2) is 0 Å². The van der Waals surface area contributed by atoms with Gasteiger partial charge in [-0.05, 0) is 6.42 Å². The Labute approximate surface area is 80.2 Å². The first-order valence-electron chi connectivity index (χ1n) is 4.29. The second-order valence-electron chi connectivity index (χ2n) is 2.38. The number of alkyl halides is 5. The minimum Gasteiger partial charge on any atom is -0.321 e. The lowest BCUT2D eigenvalue weighted by Gasteiger charge is -2.11. The van der Waals surface area contributed by atoms with Gasteiger partial charge in [0.2, 0.25) is 0 Å². The Morgan fingerprint density at radius 3 is 1.71 bits per heavy atom. The van der Waals surface area contributed by atoms with Gasteiger partial charge in [-0.2, -0.15) is 22.0 Å². The lowest BCUT2D eigenvalue weighted by molar-refractivity contribution is -0.228. The zero-order chi connectivity index (χ0) is 11.8. The standard InChI is InChI=1S/C6H9F5O.C2H6/c1-5(7,8)12-4-2-3-6(9,10)11;1-2/h2-4H2,1H3;1-2H3. The van der Waals surface area contributed by atoms with Gasteiger partial charge in [0.1, 0.15) is 0 Å². The van der Waals surface area contributed by atoms with Crippen molar-refractivity contribution in [1.82, 2.24) is 0 Å². The number of halogens is 5. The van der Waals surface area contributed by atoms with Crippen molar-refractivity contribution in [3.63, 3.8) is 0 Å². The van der Waals surface area contributed by atoms with Crippen LogP contribution in [0.5, 0.6) is 0 Å². The normalized spacial score (nSPS) is 12.0. The summed E-state index contributed by atoms with van der Waals surface area (Å²) in [6, 6.07) is 0. The van der Waals surface area contributed by atoms with Gasteiger partial charge >= 0.3 is 12.3 Å². The molecule has 14 heavy (non-hydrogen) atoms. The Kier molecular flexibility index (Phi) is 8.00. The summed E-state index contributed by atoms with van der Waals surface area (Å²) in [5, 5.41) is 0. The van der Waals surface area contributed by atoms with E-state index in [-0.39, 0.29) is 0 Å². The molecule has 0 aliphatic carbocycles. The van der Waals surface area contributed by atoms with Crippen molar-refractivity contribution in [2.45, 2.75) is 45.9 Å². The van der Waals surface area contributed by atoms with Crippen LogP contribution >= 0.6 is 0 Å². The van der Waals surface area contributed by atoms with Crippen molar-refractivity contribution >= 4 is 0 Å². The van der Waals surface area contributed by atoms with E-state index in [1.807, 2.05) is 13.8 Å². The summed E-state index contributed by atoms with van der Waals surface area (Å²) < 4.78 is 61.8. The third kappa shape index (κ3) is 17.6. The molecule has 0 spiro atoms. The molecule has 0 aromatic rings. The van der Waals surface area contributed by atoms with Crippen LogP contribution in [0.1, 0.15) is 33.6 Å². The Bertz CT molecular complexity index is 111. The fraction of sp³-hybridized carbons (Fsp3) is 1.00. The zero-order valence-corrected chi connectivity index (χ0v) is 8.42. The van der Waals surface area contributed by atoms with Crippen molar-refractivity contribution in [3.8, 4) is 0 Å². The van der Waals surface area contributed by atoms with Gasteiger partial charge in [0.15, 0.2) is 0 Å². The molecule has 0 bridgehead atoms. The highest BCUT2D eigenvalue weighted by molar-refractivity contribution is 4.50. The molecule has 0 fully saturated rings. The van der Waals surface area contributed by atoms with Gasteiger partial charge in [-0.1, -0.05) is 13.8 Å². The van der Waals surface area contributed by atoms with E-state index in [0.29, 0.717) is 6.92 Å². The van der Waals surface area contributed by atoms with E-state index in [2.05, 4.69) is 4.74 Å². The molecule has 6 heteroatoms. The predicted molar refractivity (Wildman–Crippen MR) is 43.2 cm³/mol. The molecular weight excluding hydrogens is 207 g/mol. The molecule has 0 heterocycles. The van der Waals surface area contributed by atoms with Crippen molar-refractivity contribution in [2.75, 3.05) is 6.61 Å². The quantitative estimate of drug-likeness (QED) is 0.516. The van der Waals surface area contributed by atoms with Gasteiger partial charge in [0.25, 0.3) is 0 Å². The molecule has 0 amide bonds. The van der Waals surface area contributed by atoms with Gasteiger partial charge in [-0.15, -0.1) is 0 Å². The number of ether oxygens (including phenoxy) is 1. The second kappa shape index (κ2) is 6.98. The van der Waals surface area contributed by atoms with Crippen molar-refractivity contribution in [2.24, 2.45) is 0 Å². The topological polar surface area (TPSA) is 9.23 Å². The van der Waals surface area contributed by atoms with E-state index >= 15 is 0 Å². The molecule has 0 N–H and O–H groups in total. The van der Waals surface area contributed by atoms with Crippen LogP contribution in [0.3, 0.4) is 0 Å². The summed E-state index contributed by atoms with van der Waals surface area (Å²) in [5.41, 5.74) is 0. The van der Waals surface area contributed by atoms with Crippen LogP contribution in [0.4, 0.5) is 22.0 Å². The number of rotatable bonds is 4. The molecule has 88 valence electrons. The van der Waals surface area contributed by atoms with E-state index in [9.17, 15) is 22.0 Å². The fourth-order valence-corrected chi connectivity index (χ4v) is 0.524. The SMILES string of the molecule is CC.CC(F)(F)OCCCC(F)(F)F. The summed E-state index contributed by atoms with van der Waals surface area (Å²) in [5.74, 6) is 0.